The maximum absolute atomic E-state index is 5.98. The summed E-state index contributed by atoms with van der Waals surface area (Å²) in [5, 5.41) is 3.95. The van der Waals surface area contributed by atoms with Crippen LogP contribution in [0.2, 0.25) is 5.02 Å². The standard InChI is InChI=1S/C16H26ClNO/c1-3-4-5-6-7-12-19-16(13-18-2)14-8-10-15(17)11-9-14/h8-11,16,18H,3-7,12-13H2,1-2H3. The van der Waals surface area contributed by atoms with Crippen LogP contribution < -0.4 is 5.32 Å². The summed E-state index contributed by atoms with van der Waals surface area (Å²) in [6.45, 7) is 3.90. The van der Waals surface area contributed by atoms with Crippen LogP contribution in [0.15, 0.2) is 24.3 Å². The zero-order chi connectivity index (χ0) is 13.9. The summed E-state index contributed by atoms with van der Waals surface area (Å²) in [5.74, 6) is 0. The number of ether oxygens (including phenoxy) is 1. The van der Waals surface area contributed by atoms with Crippen LogP contribution in [0, 0.1) is 0 Å². The van der Waals surface area contributed by atoms with Crippen molar-refractivity contribution >= 4 is 11.6 Å². The fourth-order valence-corrected chi connectivity index (χ4v) is 2.19. The molecule has 1 atom stereocenters. The lowest BCUT2D eigenvalue weighted by atomic mass is 10.1. The molecule has 0 amide bonds. The van der Waals surface area contributed by atoms with Crippen LogP contribution in [0.3, 0.4) is 0 Å². The van der Waals surface area contributed by atoms with E-state index in [0.29, 0.717) is 0 Å². The van der Waals surface area contributed by atoms with Gasteiger partial charge in [0.25, 0.3) is 0 Å². The van der Waals surface area contributed by atoms with Crippen molar-refractivity contribution in [3.05, 3.63) is 34.9 Å². The Balaban J connectivity index is 2.34. The van der Waals surface area contributed by atoms with Crippen molar-refractivity contribution in [3.63, 3.8) is 0 Å². The topological polar surface area (TPSA) is 21.3 Å². The first-order chi connectivity index (χ1) is 9.27. The Bertz CT molecular complexity index is 326. The van der Waals surface area contributed by atoms with Gasteiger partial charge in [-0.2, -0.15) is 0 Å². The molecule has 0 saturated carbocycles. The number of nitrogens with one attached hydrogen (secondary N) is 1. The normalized spacial score (nSPS) is 12.6. The third-order valence-electron chi connectivity index (χ3n) is 3.20. The Hall–Kier alpha value is -0.570. The minimum absolute atomic E-state index is 0.119. The second-order valence-electron chi connectivity index (χ2n) is 4.88. The van der Waals surface area contributed by atoms with Crippen LogP contribution in [0.25, 0.3) is 0 Å². The summed E-state index contributed by atoms with van der Waals surface area (Å²) in [7, 11) is 1.95. The van der Waals surface area contributed by atoms with Crippen LogP contribution in [0.4, 0.5) is 0 Å². The number of halogens is 1. The summed E-state index contributed by atoms with van der Waals surface area (Å²) in [5.41, 5.74) is 1.19. The van der Waals surface area contributed by atoms with Gasteiger partial charge >= 0.3 is 0 Å². The summed E-state index contributed by atoms with van der Waals surface area (Å²) < 4.78 is 5.98. The number of benzene rings is 1. The average Bonchev–Trinajstić information content (AvgIpc) is 2.42. The maximum atomic E-state index is 5.98. The monoisotopic (exact) mass is 283 g/mol. The molecule has 2 nitrogen and oxygen atoms in total. The number of unbranched alkanes of at least 4 members (excludes halogenated alkanes) is 4. The molecule has 1 rings (SSSR count). The fraction of sp³-hybridized carbons (Fsp3) is 0.625. The molecule has 0 bridgehead atoms. The van der Waals surface area contributed by atoms with Crippen LogP contribution in [-0.4, -0.2) is 20.2 Å². The summed E-state index contributed by atoms with van der Waals surface area (Å²) >= 11 is 5.91. The highest BCUT2D eigenvalue weighted by Gasteiger charge is 2.10. The van der Waals surface area contributed by atoms with Gasteiger partial charge in [-0.05, 0) is 31.2 Å². The first-order valence-electron chi connectivity index (χ1n) is 7.29. The van der Waals surface area contributed by atoms with Gasteiger partial charge in [0.1, 0.15) is 0 Å². The second-order valence-corrected chi connectivity index (χ2v) is 5.32. The van der Waals surface area contributed by atoms with Crippen molar-refractivity contribution in [2.24, 2.45) is 0 Å². The zero-order valence-electron chi connectivity index (χ0n) is 12.1. The second kappa shape index (κ2) is 10.2. The van der Waals surface area contributed by atoms with E-state index < -0.39 is 0 Å². The highest BCUT2D eigenvalue weighted by atomic mass is 35.5. The molecule has 19 heavy (non-hydrogen) atoms. The van der Waals surface area contributed by atoms with E-state index in [4.69, 9.17) is 16.3 Å². The molecule has 0 fully saturated rings. The molecule has 0 aliphatic rings. The molecule has 0 radical (unpaired) electrons. The molecule has 0 spiro atoms. The number of likely N-dealkylation sites (N-methyl/N-ethyl adjacent to an activating group) is 1. The van der Waals surface area contributed by atoms with Gasteiger partial charge in [0.2, 0.25) is 0 Å². The highest BCUT2D eigenvalue weighted by molar-refractivity contribution is 6.30. The Labute approximate surface area is 122 Å². The predicted molar refractivity (Wildman–Crippen MR) is 82.8 cm³/mol. The molecule has 0 aliphatic heterocycles. The summed E-state index contributed by atoms with van der Waals surface area (Å²) in [4.78, 5) is 0. The van der Waals surface area contributed by atoms with Crippen molar-refractivity contribution in [1.82, 2.24) is 5.32 Å². The van der Waals surface area contributed by atoms with E-state index in [2.05, 4.69) is 12.2 Å². The number of rotatable bonds is 10. The van der Waals surface area contributed by atoms with Crippen molar-refractivity contribution in [2.75, 3.05) is 20.2 Å². The molecule has 1 unspecified atom stereocenters. The van der Waals surface area contributed by atoms with Crippen LogP contribution in [0.1, 0.15) is 50.7 Å². The van der Waals surface area contributed by atoms with Gasteiger partial charge < -0.3 is 10.1 Å². The lowest BCUT2D eigenvalue weighted by molar-refractivity contribution is 0.0511. The zero-order valence-corrected chi connectivity index (χ0v) is 12.9. The van der Waals surface area contributed by atoms with E-state index in [9.17, 15) is 0 Å². The third kappa shape index (κ3) is 6.95. The van der Waals surface area contributed by atoms with E-state index in [1.807, 2.05) is 31.3 Å². The predicted octanol–water partition coefficient (Wildman–Crippen LogP) is 4.59. The highest BCUT2D eigenvalue weighted by Crippen LogP contribution is 2.19. The first kappa shape index (κ1) is 16.5. The summed E-state index contributed by atoms with van der Waals surface area (Å²) in [6, 6.07) is 7.93. The minimum atomic E-state index is 0.119. The van der Waals surface area contributed by atoms with Gasteiger partial charge in [-0.25, -0.2) is 0 Å². The van der Waals surface area contributed by atoms with Gasteiger partial charge in [-0.15, -0.1) is 0 Å². The smallest absolute Gasteiger partial charge is 0.0949 e. The molecule has 0 aromatic heterocycles. The quantitative estimate of drug-likeness (QED) is 0.634. The van der Waals surface area contributed by atoms with E-state index in [-0.39, 0.29) is 6.10 Å². The molecule has 1 aromatic rings. The lowest BCUT2D eigenvalue weighted by Crippen LogP contribution is -2.20. The van der Waals surface area contributed by atoms with Crippen molar-refractivity contribution in [3.8, 4) is 0 Å². The molecule has 0 aliphatic carbocycles. The minimum Gasteiger partial charge on any atom is -0.372 e. The van der Waals surface area contributed by atoms with Gasteiger partial charge in [-0.3, -0.25) is 0 Å². The lowest BCUT2D eigenvalue weighted by Gasteiger charge is -2.18. The van der Waals surface area contributed by atoms with Gasteiger partial charge in [-0.1, -0.05) is 56.3 Å². The molecular formula is C16H26ClNO. The van der Waals surface area contributed by atoms with E-state index in [0.717, 1.165) is 24.6 Å². The van der Waals surface area contributed by atoms with Crippen LogP contribution in [-0.2, 0) is 4.74 Å². The molecule has 3 heteroatoms. The summed E-state index contributed by atoms with van der Waals surface area (Å²) in [6.07, 6.45) is 6.46. The maximum Gasteiger partial charge on any atom is 0.0949 e. The Kier molecular flexibility index (Phi) is 8.89. The Morgan fingerprint density at radius 1 is 1.11 bits per heavy atom. The largest absolute Gasteiger partial charge is 0.372 e. The first-order valence-corrected chi connectivity index (χ1v) is 7.67. The van der Waals surface area contributed by atoms with Gasteiger partial charge in [0.15, 0.2) is 0 Å². The molecule has 0 heterocycles. The SMILES string of the molecule is CCCCCCCOC(CNC)c1ccc(Cl)cc1. The van der Waals surface area contributed by atoms with E-state index in [1.165, 1.54) is 31.2 Å². The molecule has 108 valence electrons. The molecule has 0 saturated heterocycles. The van der Waals surface area contributed by atoms with Gasteiger partial charge in [0, 0.05) is 18.2 Å². The number of hydrogen-bond donors (Lipinski definition) is 1. The van der Waals surface area contributed by atoms with Crippen molar-refractivity contribution < 1.29 is 4.74 Å². The van der Waals surface area contributed by atoms with Gasteiger partial charge in [0.05, 0.1) is 6.10 Å². The fourth-order valence-electron chi connectivity index (χ4n) is 2.07. The Morgan fingerprint density at radius 3 is 2.42 bits per heavy atom. The molecule has 1 N–H and O–H groups in total. The molecule has 1 aromatic carbocycles. The van der Waals surface area contributed by atoms with Crippen LogP contribution >= 0.6 is 11.6 Å². The van der Waals surface area contributed by atoms with Crippen LogP contribution in [0.5, 0.6) is 0 Å². The van der Waals surface area contributed by atoms with Crippen molar-refractivity contribution in [2.45, 2.75) is 45.1 Å². The van der Waals surface area contributed by atoms with E-state index in [1.54, 1.807) is 0 Å². The third-order valence-corrected chi connectivity index (χ3v) is 3.45. The van der Waals surface area contributed by atoms with E-state index >= 15 is 0 Å². The van der Waals surface area contributed by atoms with Crippen molar-refractivity contribution in [1.29, 1.82) is 0 Å². The Morgan fingerprint density at radius 2 is 1.79 bits per heavy atom. The average molecular weight is 284 g/mol. The molecular weight excluding hydrogens is 258 g/mol. The number of hydrogen-bond acceptors (Lipinski definition) is 2.